The average molecular weight is 413 g/mol. The van der Waals surface area contributed by atoms with Crippen LogP contribution in [0.5, 0.6) is 11.5 Å². The summed E-state index contributed by atoms with van der Waals surface area (Å²) in [5.41, 5.74) is 3.96. The van der Waals surface area contributed by atoms with Gasteiger partial charge >= 0.3 is 0 Å². The molecule has 2 aromatic carbocycles. The second-order valence-corrected chi connectivity index (χ2v) is 6.52. The number of rotatable bonds is 5. The molecular formula is C19H13ClN4O5. The second kappa shape index (κ2) is 7.72. The van der Waals surface area contributed by atoms with E-state index >= 15 is 0 Å². The third-order valence-corrected chi connectivity index (χ3v) is 4.47. The minimum absolute atomic E-state index is 0.0494. The summed E-state index contributed by atoms with van der Waals surface area (Å²) in [6, 6.07) is 11.2. The zero-order chi connectivity index (χ0) is 20.4. The molecule has 146 valence electrons. The summed E-state index contributed by atoms with van der Waals surface area (Å²) in [4.78, 5) is 26.6. The van der Waals surface area contributed by atoms with Gasteiger partial charge in [-0.3, -0.25) is 14.9 Å². The van der Waals surface area contributed by atoms with Crippen LogP contribution in [0.4, 0.5) is 5.69 Å². The van der Waals surface area contributed by atoms with Crippen molar-refractivity contribution in [3.63, 3.8) is 0 Å². The Morgan fingerprint density at radius 3 is 2.86 bits per heavy atom. The largest absolute Gasteiger partial charge is 0.454 e. The lowest BCUT2D eigenvalue weighted by Crippen LogP contribution is -2.19. The van der Waals surface area contributed by atoms with E-state index in [9.17, 15) is 14.9 Å². The maximum atomic E-state index is 12.0. The zero-order valence-electron chi connectivity index (χ0n) is 14.8. The van der Waals surface area contributed by atoms with Gasteiger partial charge in [-0.05, 0) is 17.7 Å². The third-order valence-electron chi connectivity index (χ3n) is 4.17. The SMILES string of the molecule is O=C(Cc1cccc([N+](=O)[O-])c1)NN=Cc1cc2cc3c(cc2nc1Cl)OCO3. The van der Waals surface area contributed by atoms with Crippen molar-refractivity contribution < 1.29 is 19.2 Å². The monoisotopic (exact) mass is 412 g/mol. The molecule has 0 aliphatic carbocycles. The molecule has 1 aliphatic rings. The lowest BCUT2D eigenvalue weighted by atomic mass is 10.1. The van der Waals surface area contributed by atoms with Crippen LogP contribution in [0.1, 0.15) is 11.1 Å². The van der Waals surface area contributed by atoms with E-state index in [1.807, 2.05) is 0 Å². The number of non-ortho nitro benzene ring substituents is 1. The fraction of sp³-hybridized carbons (Fsp3) is 0.105. The van der Waals surface area contributed by atoms with Gasteiger partial charge in [0.25, 0.3) is 5.69 Å². The molecule has 10 heteroatoms. The minimum atomic E-state index is -0.513. The summed E-state index contributed by atoms with van der Waals surface area (Å²) in [5, 5.41) is 15.7. The number of halogens is 1. The van der Waals surface area contributed by atoms with E-state index in [1.54, 1.807) is 24.3 Å². The van der Waals surface area contributed by atoms with Crippen LogP contribution in [-0.2, 0) is 11.2 Å². The fourth-order valence-corrected chi connectivity index (χ4v) is 3.02. The first kappa shape index (κ1) is 18.6. The highest BCUT2D eigenvalue weighted by Crippen LogP contribution is 2.36. The Morgan fingerprint density at radius 1 is 1.28 bits per heavy atom. The van der Waals surface area contributed by atoms with E-state index in [4.69, 9.17) is 21.1 Å². The summed E-state index contributed by atoms with van der Waals surface area (Å²) in [6.45, 7) is 0.157. The first-order valence-electron chi connectivity index (χ1n) is 8.45. The number of hydrazone groups is 1. The molecule has 9 nitrogen and oxygen atoms in total. The predicted molar refractivity (Wildman–Crippen MR) is 105 cm³/mol. The second-order valence-electron chi connectivity index (χ2n) is 6.16. The molecule has 0 fully saturated rings. The van der Waals surface area contributed by atoms with Gasteiger partial charge in [0.05, 0.1) is 23.1 Å². The lowest BCUT2D eigenvalue weighted by molar-refractivity contribution is -0.384. The summed E-state index contributed by atoms with van der Waals surface area (Å²) >= 11 is 6.20. The molecule has 1 N–H and O–H groups in total. The standard InChI is InChI=1S/C19H13ClN4O5/c20-19-13(6-12-7-16-17(29-10-28-16)8-15(12)22-19)9-21-23-18(25)5-11-2-1-3-14(4-11)24(26)27/h1-4,6-9H,5,10H2,(H,23,25). The van der Waals surface area contributed by atoms with Crippen LogP contribution in [0.25, 0.3) is 10.9 Å². The van der Waals surface area contributed by atoms with Crippen LogP contribution in [0, 0.1) is 10.1 Å². The Morgan fingerprint density at radius 2 is 2.07 bits per heavy atom. The van der Waals surface area contributed by atoms with Gasteiger partial charge in [0.15, 0.2) is 11.5 Å². The van der Waals surface area contributed by atoms with Crippen molar-refractivity contribution in [3.8, 4) is 11.5 Å². The van der Waals surface area contributed by atoms with Gasteiger partial charge in [0, 0.05) is 29.1 Å². The number of carbonyl (C=O) groups is 1. The van der Waals surface area contributed by atoms with Gasteiger partial charge in [-0.1, -0.05) is 23.7 Å². The van der Waals surface area contributed by atoms with Crippen LogP contribution >= 0.6 is 11.6 Å². The molecule has 0 saturated carbocycles. The first-order valence-corrected chi connectivity index (χ1v) is 8.82. The van der Waals surface area contributed by atoms with E-state index in [1.165, 1.54) is 24.4 Å². The zero-order valence-corrected chi connectivity index (χ0v) is 15.5. The number of pyridine rings is 1. The molecule has 3 aromatic rings. The molecule has 0 bridgehead atoms. The molecule has 1 aromatic heterocycles. The normalized spacial score (nSPS) is 12.4. The number of carbonyl (C=O) groups excluding carboxylic acids is 1. The van der Waals surface area contributed by atoms with Gasteiger partial charge in [-0.2, -0.15) is 5.10 Å². The maximum absolute atomic E-state index is 12.0. The number of amides is 1. The number of fused-ring (bicyclic) bond motifs is 2. The number of benzene rings is 2. The van der Waals surface area contributed by atoms with Crippen molar-refractivity contribution in [1.82, 2.24) is 10.4 Å². The Bertz CT molecular complexity index is 1160. The predicted octanol–water partition coefficient (Wildman–Crippen LogP) is 3.22. The molecule has 4 rings (SSSR count). The average Bonchev–Trinajstić information content (AvgIpc) is 3.14. The number of nitrogens with one attached hydrogen (secondary N) is 1. The molecule has 29 heavy (non-hydrogen) atoms. The smallest absolute Gasteiger partial charge is 0.269 e. The third kappa shape index (κ3) is 4.09. The number of nitro benzene ring substituents is 1. The number of aromatic nitrogens is 1. The maximum Gasteiger partial charge on any atom is 0.269 e. The van der Waals surface area contributed by atoms with Crippen molar-refractivity contribution in [2.24, 2.45) is 5.10 Å². The Balaban J connectivity index is 1.46. The van der Waals surface area contributed by atoms with Crippen LogP contribution in [0.3, 0.4) is 0 Å². The van der Waals surface area contributed by atoms with E-state index in [-0.39, 0.29) is 24.1 Å². The molecule has 1 amide bonds. The van der Waals surface area contributed by atoms with Crippen molar-refractivity contribution in [2.75, 3.05) is 6.79 Å². The van der Waals surface area contributed by atoms with Crippen LogP contribution in [0.2, 0.25) is 5.15 Å². The highest BCUT2D eigenvalue weighted by Gasteiger charge is 2.16. The number of nitrogens with zero attached hydrogens (tertiary/aromatic N) is 3. The Kier molecular flexibility index (Phi) is 4.96. The fourth-order valence-electron chi connectivity index (χ4n) is 2.83. The van der Waals surface area contributed by atoms with E-state index in [0.717, 1.165) is 5.39 Å². The van der Waals surface area contributed by atoms with Crippen molar-refractivity contribution >= 4 is 40.3 Å². The quantitative estimate of drug-likeness (QED) is 0.297. The number of hydrogen-bond donors (Lipinski definition) is 1. The molecule has 0 atom stereocenters. The van der Waals surface area contributed by atoms with Crippen molar-refractivity contribution in [2.45, 2.75) is 6.42 Å². The summed E-state index contributed by atoms with van der Waals surface area (Å²) in [7, 11) is 0. The summed E-state index contributed by atoms with van der Waals surface area (Å²) in [6.07, 6.45) is 1.33. The minimum Gasteiger partial charge on any atom is -0.454 e. The van der Waals surface area contributed by atoms with Gasteiger partial charge < -0.3 is 9.47 Å². The molecule has 0 spiro atoms. The van der Waals surface area contributed by atoms with E-state index in [2.05, 4.69) is 15.5 Å². The molecular weight excluding hydrogens is 400 g/mol. The summed E-state index contributed by atoms with van der Waals surface area (Å²) < 4.78 is 10.7. The lowest BCUT2D eigenvalue weighted by Gasteiger charge is -2.04. The van der Waals surface area contributed by atoms with Crippen molar-refractivity contribution in [1.29, 1.82) is 0 Å². The first-order chi connectivity index (χ1) is 14.0. The Hall–Kier alpha value is -3.72. The topological polar surface area (TPSA) is 116 Å². The molecule has 0 saturated heterocycles. The number of nitro groups is 1. The van der Waals surface area contributed by atoms with Crippen LogP contribution in [0.15, 0.2) is 47.6 Å². The van der Waals surface area contributed by atoms with Gasteiger partial charge in [-0.25, -0.2) is 10.4 Å². The molecule has 0 radical (unpaired) electrons. The number of ether oxygens (including phenoxy) is 2. The highest BCUT2D eigenvalue weighted by molar-refractivity contribution is 6.32. The molecule has 1 aliphatic heterocycles. The number of hydrogen-bond acceptors (Lipinski definition) is 7. The summed E-state index contributed by atoms with van der Waals surface area (Å²) in [5.74, 6) is 0.806. The van der Waals surface area contributed by atoms with Gasteiger partial charge in [0.1, 0.15) is 5.15 Å². The molecule has 2 heterocycles. The van der Waals surface area contributed by atoms with Gasteiger partial charge in [0.2, 0.25) is 12.7 Å². The van der Waals surface area contributed by atoms with Gasteiger partial charge in [-0.15, -0.1) is 0 Å². The van der Waals surface area contributed by atoms with E-state index in [0.29, 0.717) is 28.1 Å². The van der Waals surface area contributed by atoms with E-state index < -0.39 is 10.8 Å². The highest BCUT2D eigenvalue weighted by atomic mass is 35.5. The van der Waals surface area contributed by atoms with Crippen molar-refractivity contribution in [3.05, 3.63) is 68.9 Å². The molecule has 0 unspecified atom stereocenters. The van der Waals surface area contributed by atoms with Crippen LogP contribution < -0.4 is 14.9 Å². The van der Waals surface area contributed by atoms with Crippen LogP contribution in [-0.4, -0.2) is 28.8 Å². The Labute approximate surface area is 169 Å².